The van der Waals surface area contributed by atoms with Crippen LogP contribution in [0.2, 0.25) is 0 Å². The molecule has 0 radical (unpaired) electrons. The fourth-order valence-corrected chi connectivity index (χ4v) is 1.53. The van der Waals surface area contributed by atoms with Crippen LogP contribution in [0.15, 0.2) is 30.3 Å². The number of ether oxygens (including phenoxy) is 1. The number of hydrogen-bond donors (Lipinski definition) is 3. The summed E-state index contributed by atoms with van der Waals surface area (Å²) in [6.07, 6.45) is -2.11. The van der Waals surface area contributed by atoms with Gasteiger partial charge in [0.25, 0.3) is 5.91 Å². The topological polar surface area (TPSA) is 95.9 Å². The molecular weight excluding hydrogens is 250 g/mol. The lowest BCUT2D eigenvalue weighted by Gasteiger charge is -2.16. The van der Waals surface area contributed by atoms with Gasteiger partial charge in [-0.1, -0.05) is 30.3 Å². The standard InChI is InChI=1S/C13H17NO5/c1-19-10(7-11(15)16)8-14-13(18)12(17)9-5-3-2-4-6-9/h2-6,10,12,17H,7-8H2,1H3,(H,14,18)(H,15,16). The Hall–Kier alpha value is -1.92. The number of aliphatic carboxylic acids is 1. The van der Waals surface area contributed by atoms with Crippen LogP contribution in [-0.2, 0) is 14.3 Å². The number of carboxylic acid groups (broad SMARTS) is 1. The predicted octanol–water partition coefficient (Wildman–Crippen LogP) is 0.326. The van der Waals surface area contributed by atoms with E-state index >= 15 is 0 Å². The van der Waals surface area contributed by atoms with E-state index in [1.54, 1.807) is 30.3 Å². The van der Waals surface area contributed by atoms with Gasteiger partial charge in [0.15, 0.2) is 6.10 Å². The number of carboxylic acids is 1. The Kier molecular flexibility index (Phi) is 5.98. The van der Waals surface area contributed by atoms with Gasteiger partial charge in [-0.25, -0.2) is 0 Å². The number of carbonyl (C=O) groups excluding carboxylic acids is 1. The summed E-state index contributed by atoms with van der Waals surface area (Å²) in [5.41, 5.74) is 0.479. The van der Waals surface area contributed by atoms with Gasteiger partial charge in [-0.3, -0.25) is 9.59 Å². The Morgan fingerprint density at radius 2 is 1.95 bits per heavy atom. The van der Waals surface area contributed by atoms with E-state index in [4.69, 9.17) is 9.84 Å². The lowest BCUT2D eigenvalue weighted by atomic mass is 10.1. The van der Waals surface area contributed by atoms with E-state index in [2.05, 4.69) is 5.32 Å². The Labute approximate surface area is 111 Å². The molecule has 0 heterocycles. The van der Waals surface area contributed by atoms with Crippen molar-refractivity contribution in [1.82, 2.24) is 5.32 Å². The molecule has 0 spiro atoms. The highest BCUT2D eigenvalue weighted by Crippen LogP contribution is 2.11. The number of methoxy groups -OCH3 is 1. The molecule has 0 aliphatic heterocycles. The van der Waals surface area contributed by atoms with E-state index < -0.39 is 24.1 Å². The van der Waals surface area contributed by atoms with Gasteiger partial charge >= 0.3 is 5.97 Å². The average molecular weight is 267 g/mol. The van der Waals surface area contributed by atoms with Crippen molar-refractivity contribution < 1.29 is 24.5 Å². The smallest absolute Gasteiger partial charge is 0.306 e. The second kappa shape index (κ2) is 7.50. The van der Waals surface area contributed by atoms with Crippen LogP contribution < -0.4 is 5.32 Å². The summed E-state index contributed by atoms with van der Waals surface area (Å²) in [6.45, 7) is 0.0333. The number of aliphatic hydroxyl groups excluding tert-OH is 1. The molecule has 1 amide bonds. The summed E-state index contributed by atoms with van der Waals surface area (Å²) in [5.74, 6) is -1.59. The molecule has 2 unspecified atom stereocenters. The number of carbonyl (C=O) groups is 2. The third-order valence-corrected chi connectivity index (χ3v) is 2.60. The first kappa shape index (κ1) is 15.1. The minimum atomic E-state index is -1.27. The third kappa shape index (κ3) is 5.07. The summed E-state index contributed by atoms with van der Waals surface area (Å²) < 4.78 is 4.92. The van der Waals surface area contributed by atoms with Crippen molar-refractivity contribution in [2.24, 2.45) is 0 Å². The van der Waals surface area contributed by atoms with Crippen molar-refractivity contribution in [1.29, 1.82) is 0 Å². The number of hydrogen-bond acceptors (Lipinski definition) is 4. The van der Waals surface area contributed by atoms with Crippen LogP contribution in [0.5, 0.6) is 0 Å². The van der Waals surface area contributed by atoms with Crippen LogP contribution in [0.3, 0.4) is 0 Å². The van der Waals surface area contributed by atoms with E-state index in [-0.39, 0.29) is 13.0 Å². The van der Waals surface area contributed by atoms with Crippen LogP contribution >= 0.6 is 0 Å². The quantitative estimate of drug-likeness (QED) is 0.661. The first-order valence-electron chi connectivity index (χ1n) is 5.80. The fourth-order valence-electron chi connectivity index (χ4n) is 1.53. The van der Waals surface area contributed by atoms with Crippen LogP contribution in [0.1, 0.15) is 18.1 Å². The summed E-state index contributed by atoms with van der Waals surface area (Å²) >= 11 is 0. The van der Waals surface area contributed by atoms with Gasteiger partial charge in [0.2, 0.25) is 0 Å². The molecule has 104 valence electrons. The van der Waals surface area contributed by atoms with Gasteiger partial charge in [-0.15, -0.1) is 0 Å². The summed E-state index contributed by atoms with van der Waals surface area (Å²) in [7, 11) is 1.37. The van der Waals surface area contributed by atoms with E-state index in [9.17, 15) is 14.7 Å². The highest BCUT2D eigenvalue weighted by molar-refractivity contribution is 5.81. The van der Waals surface area contributed by atoms with E-state index in [1.807, 2.05) is 0 Å². The molecular formula is C13H17NO5. The van der Waals surface area contributed by atoms with Gasteiger partial charge in [-0.05, 0) is 5.56 Å². The first-order valence-corrected chi connectivity index (χ1v) is 5.80. The van der Waals surface area contributed by atoms with Gasteiger partial charge in [0.05, 0.1) is 12.5 Å². The molecule has 0 aliphatic carbocycles. The molecule has 0 aromatic heterocycles. The summed E-state index contributed by atoms with van der Waals surface area (Å²) in [6, 6.07) is 8.48. The normalized spacial score (nSPS) is 13.6. The maximum atomic E-state index is 11.7. The molecule has 0 bridgehead atoms. The second-order valence-corrected chi connectivity index (χ2v) is 4.01. The van der Waals surface area contributed by atoms with Crippen LogP contribution in [-0.4, -0.2) is 41.8 Å². The molecule has 6 heteroatoms. The van der Waals surface area contributed by atoms with Crippen LogP contribution in [0.25, 0.3) is 0 Å². The molecule has 0 fully saturated rings. The average Bonchev–Trinajstić information content (AvgIpc) is 2.42. The van der Waals surface area contributed by atoms with Gasteiger partial charge in [0.1, 0.15) is 0 Å². The Bertz CT molecular complexity index is 420. The summed E-state index contributed by atoms with van der Waals surface area (Å²) in [5, 5.41) is 20.9. The van der Waals surface area contributed by atoms with Crippen molar-refractivity contribution >= 4 is 11.9 Å². The van der Waals surface area contributed by atoms with Crippen LogP contribution in [0.4, 0.5) is 0 Å². The molecule has 0 aliphatic rings. The monoisotopic (exact) mass is 267 g/mol. The Morgan fingerprint density at radius 3 is 2.47 bits per heavy atom. The molecule has 3 N–H and O–H groups in total. The zero-order chi connectivity index (χ0) is 14.3. The molecule has 0 saturated heterocycles. The second-order valence-electron chi connectivity index (χ2n) is 4.01. The van der Waals surface area contributed by atoms with Crippen molar-refractivity contribution in [2.45, 2.75) is 18.6 Å². The van der Waals surface area contributed by atoms with Crippen molar-refractivity contribution in [3.05, 3.63) is 35.9 Å². The van der Waals surface area contributed by atoms with Gasteiger partial charge < -0.3 is 20.3 Å². The molecule has 0 saturated carbocycles. The molecule has 6 nitrogen and oxygen atoms in total. The van der Waals surface area contributed by atoms with Gasteiger partial charge in [-0.2, -0.15) is 0 Å². The number of nitrogens with one attached hydrogen (secondary N) is 1. The predicted molar refractivity (Wildman–Crippen MR) is 67.5 cm³/mol. The fraction of sp³-hybridized carbons (Fsp3) is 0.385. The molecule has 19 heavy (non-hydrogen) atoms. The number of amides is 1. The molecule has 1 aromatic rings. The summed E-state index contributed by atoms with van der Waals surface area (Å²) in [4.78, 5) is 22.2. The lowest BCUT2D eigenvalue weighted by Crippen LogP contribution is -2.37. The SMILES string of the molecule is COC(CNC(=O)C(O)c1ccccc1)CC(=O)O. The maximum Gasteiger partial charge on any atom is 0.306 e. The van der Waals surface area contributed by atoms with Crippen molar-refractivity contribution in [3.63, 3.8) is 0 Å². The Balaban J connectivity index is 2.48. The number of rotatable bonds is 7. The highest BCUT2D eigenvalue weighted by Gasteiger charge is 2.19. The number of benzene rings is 1. The first-order chi connectivity index (χ1) is 9.04. The lowest BCUT2D eigenvalue weighted by molar-refractivity contribution is -0.140. The molecule has 1 rings (SSSR count). The molecule has 2 atom stereocenters. The zero-order valence-corrected chi connectivity index (χ0v) is 10.6. The Morgan fingerprint density at radius 1 is 1.32 bits per heavy atom. The maximum absolute atomic E-state index is 11.7. The number of aliphatic hydroxyl groups is 1. The largest absolute Gasteiger partial charge is 0.481 e. The third-order valence-electron chi connectivity index (χ3n) is 2.60. The van der Waals surface area contributed by atoms with E-state index in [1.165, 1.54) is 7.11 Å². The van der Waals surface area contributed by atoms with Crippen LogP contribution in [0, 0.1) is 0 Å². The van der Waals surface area contributed by atoms with Crippen molar-refractivity contribution in [3.8, 4) is 0 Å². The highest BCUT2D eigenvalue weighted by atomic mass is 16.5. The minimum absolute atomic E-state index is 0.0333. The van der Waals surface area contributed by atoms with E-state index in [0.717, 1.165) is 0 Å². The zero-order valence-electron chi connectivity index (χ0n) is 10.6. The van der Waals surface area contributed by atoms with E-state index in [0.29, 0.717) is 5.56 Å². The van der Waals surface area contributed by atoms with Crippen molar-refractivity contribution in [2.75, 3.05) is 13.7 Å². The minimum Gasteiger partial charge on any atom is -0.481 e. The molecule has 1 aromatic carbocycles. The van der Waals surface area contributed by atoms with Gasteiger partial charge in [0, 0.05) is 13.7 Å².